The van der Waals surface area contributed by atoms with Crippen LogP contribution in [0.15, 0.2) is 59.5 Å². The molecular formula is C23H32N3O3S+. The first-order valence-corrected chi connectivity index (χ1v) is 11.9. The maximum atomic E-state index is 13.0. The maximum absolute atomic E-state index is 13.0. The smallest absolute Gasteiger partial charge is 0.279 e. The summed E-state index contributed by atoms with van der Waals surface area (Å²) in [5.41, 5.74) is 1.78. The van der Waals surface area contributed by atoms with Gasteiger partial charge in [-0.25, -0.2) is 8.42 Å². The average Bonchev–Trinajstić information content (AvgIpc) is 2.68. The molecule has 6 nitrogen and oxygen atoms in total. The molecule has 0 aliphatic carbocycles. The van der Waals surface area contributed by atoms with Crippen LogP contribution in [0, 0.1) is 11.8 Å². The van der Waals surface area contributed by atoms with Crippen LogP contribution in [-0.2, 0) is 21.4 Å². The van der Waals surface area contributed by atoms with Crippen LogP contribution in [0.1, 0.15) is 25.8 Å². The molecule has 0 saturated carbocycles. The highest BCUT2D eigenvalue weighted by atomic mass is 32.2. The molecule has 0 bridgehead atoms. The fourth-order valence-electron chi connectivity index (χ4n) is 4.15. The number of nitrogens with one attached hydrogen (secondary N) is 2. The zero-order valence-corrected chi connectivity index (χ0v) is 18.8. The van der Waals surface area contributed by atoms with Crippen molar-refractivity contribution in [2.24, 2.45) is 11.8 Å². The largest absolute Gasteiger partial charge is 0.326 e. The minimum absolute atomic E-state index is 0.0993. The highest BCUT2D eigenvalue weighted by Gasteiger charge is 2.31. The lowest BCUT2D eigenvalue weighted by Gasteiger charge is -2.34. The number of carbonyl (C=O) groups is 1. The second-order valence-electron chi connectivity index (χ2n) is 8.64. The second-order valence-corrected chi connectivity index (χ2v) is 10.6. The minimum atomic E-state index is -3.51. The van der Waals surface area contributed by atoms with Gasteiger partial charge in [-0.15, -0.1) is 0 Å². The molecule has 0 radical (unpaired) electrons. The molecule has 162 valence electrons. The van der Waals surface area contributed by atoms with E-state index in [2.05, 4.69) is 19.2 Å². The lowest BCUT2D eigenvalue weighted by atomic mass is 9.94. The van der Waals surface area contributed by atoms with Gasteiger partial charge in [0, 0.05) is 24.3 Å². The number of sulfonamides is 1. The number of carbonyl (C=O) groups excluding carboxylic acids is 1. The summed E-state index contributed by atoms with van der Waals surface area (Å²) in [7, 11) is -1.54. The Hall–Kier alpha value is -2.22. The van der Waals surface area contributed by atoms with Gasteiger partial charge in [0.05, 0.1) is 11.9 Å². The molecule has 3 atom stereocenters. The van der Waals surface area contributed by atoms with Crippen LogP contribution in [0.2, 0.25) is 0 Å². The van der Waals surface area contributed by atoms with Gasteiger partial charge in [0.25, 0.3) is 5.91 Å². The maximum Gasteiger partial charge on any atom is 0.279 e. The minimum Gasteiger partial charge on any atom is -0.326 e. The van der Waals surface area contributed by atoms with Crippen LogP contribution in [0.25, 0.3) is 0 Å². The predicted octanol–water partition coefficient (Wildman–Crippen LogP) is 2.01. The topological polar surface area (TPSA) is 70.9 Å². The number of hydrogen-bond acceptors (Lipinski definition) is 3. The molecular weight excluding hydrogens is 398 g/mol. The van der Waals surface area contributed by atoms with Crippen molar-refractivity contribution in [1.29, 1.82) is 0 Å². The molecule has 1 fully saturated rings. The van der Waals surface area contributed by atoms with Crippen molar-refractivity contribution in [3.05, 3.63) is 60.2 Å². The number of hydrogen-bond donors (Lipinski definition) is 2. The SMILES string of the molecule is C[C@@H]1C[C@H](C)CN(S(=O)(=O)c2ccc(NC(=O)C[NH+](C)Cc3ccccc3)cc2)C1. The molecule has 0 spiro atoms. The van der Waals surface area contributed by atoms with Crippen molar-refractivity contribution in [1.82, 2.24) is 4.31 Å². The third-order valence-corrected chi connectivity index (χ3v) is 7.27. The summed E-state index contributed by atoms with van der Waals surface area (Å²) in [6.45, 7) is 6.39. The lowest BCUT2D eigenvalue weighted by Crippen LogP contribution is -3.08. The molecule has 3 rings (SSSR count). The summed E-state index contributed by atoms with van der Waals surface area (Å²) in [6.07, 6.45) is 1.05. The summed E-state index contributed by atoms with van der Waals surface area (Å²) in [5, 5.41) is 2.86. The zero-order valence-electron chi connectivity index (χ0n) is 18.0. The van der Waals surface area contributed by atoms with Crippen LogP contribution < -0.4 is 10.2 Å². The van der Waals surface area contributed by atoms with Gasteiger partial charge in [0.15, 0.2) is 6.54 Å². The molecule has 2 aromatic carbocycles. The van der Waals surface area contributed by atoms with E-state index in [0.29, 0.717) is 37.2 Å². The summed E-state index contributed by atoms with van der Waals surface area (Å²) in [4.78, 5) is 13.7. The molecule has 7 heteroatoms. The van der Waals surface area contributed by atoms with Crippen molar-refractivity contribution in [2.75, 3.05) is 32.0 Å². The quantitative estimate of drug-likeness (QED) is 0.706. The van der Waals surface area contributed by atoms with Crippen molar-refractivity contribution in [3.8, 4) is 0 Å². The van der Waals surface area contributed by atoms with Gasteiger partial charge in [-0.3, -0.25) is 4.79 Å². The first-order chi connectivity index (χ1) is 14.2. The van der Waals surface area contributed by atoms with Gasteiger partial charge in [-0.1, -0.05) is 44.2 Å². The van der Waals surface area contributed by atoms with Gasteiger partial charge in [0.1, 0.15) is 6.54 Å². The first-order valence-electron chi connectivity index (χ1n) is 10.5. The molecule has 2 N–H and O–H groups in total. The molecule has 1 unspecified atom stereocenters. The van der Waals surface area contributed by atoms with Crippen molar-refractivity contribution >= 4 is 21.6 Å². The Kier molecular flexibility index (Phi) is 7.28. The van der Waals surface area contributed by atoms with Crippen molar-refractivity contribution < 1.29 is 18.1 Å². The van der Waals surface area contributed by atoms with Gasteiger partial charge in [-0.2, -0.15) is 4.31 Å². The van der Waals surface area contributed by atoms with E-state index in [0.717, 1.165) is 17.9 Å². The zero-order chi connectivity index (χ0) is 21.7. The number of nitrogens with zero attached hydrogens (tertiary/aromatic N) is 1. The number of anilines is 1. The van der Waals surface area contributed by atoms with Crippen LogP contribution in [0.4, 0.5) is 5.69 Å². The Morgan fingerprint density at radius 1 is 1.03 bits per heavy atom. The Morgan fingerprint density at radius 2 is 1.63 bits per heavy atom. The first kappa shape index (κ1) is 22.5. The van der Waals surface area contributed by atoms with Gasteiger partial charge >= 0.3 is 0 Å². The van der Waals surface area contributed by atoms with Gasteiger partial charge in [-0.05, 0) is 42.5 Å². The Morgan fingerprint density at radius 3 is 2.23 bits per heavy atom. The van der Waals surface area contributed by atoms with Crippen LogP contribution in [0.5, 0.6) is 0 Å². The summed E-state index contributed by atoms with van der Waals surface area (Å²) in [5.74, 6) is 0.618. The van der Waals surface area contributed by atoms with Crippen molar-refractivity contribution in [2.45, 2.75) is 31.7 Å². The monoisotopic (exact) mass is 430 g/mol. The molecule has 1 amide bonds. The Balaban J connectivity index is 1.58. The second kappa shape index (κ2) is 9.73. The molecule has 2 aromatic rings. The molecule has 1 saturated heterocycles. The van der Waals surface area contributed by atoms with E-state index in [-0.39, 0.29) is 10.8 Å². The third-order valence-electron chi connectivity index (χ3n) is 5.42. The van der Waals surface area contributed by atoms with E-state index in [1.807, 2.05) is 37.4 Å². The van der Waals surface area contributed by atoms with E-state index in [1.54, 1.807) is 28.6 Å². The highest BCUT2D eigenvalue weighted by Crippen LogP contribution is 2.27. The number of quaternary nitrogens is 1. The van der Waals surface area contributed by atoms with E-state index >= 15 is 0 Å². The molecule has 1 aliphatic rings. The number of rotatable bonds is 7. The van der Waals surface area contributed by atoms with Crippen LogP contribution in [0.3, 0.4) is 0 Å². The van der Waals surface area contributed by atoms with E-state index in [1.165, 1.54) is 5.56 Å². The van der Waals surface area contributed by atoms with E-state index < -0.39 is 10.0 Å². The summed E-state index contributed by atoms with van der Waals surface area (Å²) >= 11 is 0. The lowest BCUT2D eigenvalue weighted by molar-refractivity contribution is -0.885. The van der Waals surface area contributed by atoms with Gasteiger partial charge < -0.3 is 10.2 Å². The van der Waals surface area contributed by atoms with Crippen LogP contribution in [-0.4, -0.2) is 45.3 Å². The Bertz CT molecular complexity index is 935. The molecule has 1 aliphatic heterocycles. The standard InChI is InChI=1S/C23H31N3O3S/c1-18-13-19(2)15-26(14-18)30(28,29)22-11-9-21(10-12-22)24-23(27)17-25(3)16-20-7-5-4-6-8-20/h4-12,18-19H,13-17H2,1-3H3,(H,24,27)/p+1/t18-,19+. The van der Waals surface area contributed by atoms with E-state index in [4.69, 9.17) is 0 Å². The van der Waals surface area contributed by atoms with Crippen molar-refractivity contribution in [3.63, 3.8) is 0 Å². The predicted molar refractivity (Wildman–Crippen MR) is 119 cm³/mol. The Labute approximate surface area is 179 Å². The molecule has 1 heterocycles. The van der Waals surface area contributed by atoms with Gasteiger partial charge in [0.2, 0.25) is 10.0 Å². The highest BCUT2D eigenvalue weighted by molar-refractivity contribution is 7.89. The third kappa shape index (κ3) is 5.90. The summed E-state index contributed by atoms with van der Waals surface area (Å²) < 4.78 is 27.5. The fourth-order valence-corrected chi connectivity index (χ4v) is 5.83. The normalized spacial score (nSPS) is 21.2. The fraction of sp³-hybridized carbons (Fsp3) is 0.435. The number of benzene rings is 2. The van der Waals surface area contributed by atoms with E-state index in [9.17, 15) is 13.2 Å². The number of piperidine rings is 1. The molecule has 0 aromatic heterocycles. The number of likely N-dealkylation sites (N-methyl/N-ethyl adjacent to an activating group) is 1. The average molecular weight is 431 g/mol. The molecule has 30 heavy (non-hydrogen) atoms. The number of amides is 1. The summed E-state index contributed by atoms with van der Waals surface area (Å²) in [6, 6.07) is 16.5. The van der Waals surface area contributed by atoms with Crippen LogP contribution >= 0.6 is 0 Å².